The van der Waals surface area contributed by atoms with Gasteiger partial charge in [0, 0.05) is 51.7 Å². The molecule has 2 unspecified atom stereocenters. The minimum atomic E-state index is 0. The number of piperidine rings is 1. The van der Waals surface area contributed by atoms with Crippen LogP contribution in [0, 0.1) is 5.92 Å². The molecule has 2 aliphatic heterocycles. The zero-order valence-corrected chi connectivity index (χ0v) is 15.5. The van der Waals surface area contributed by atoms with Crippen LogP contribution in [0.15, 0.2) is 0 Å². The van der Waals surface area contributed by atoms with Crippen molar-refractivity contribution in [3.05, 3.63) is 0 Å². The summed E-state index contributed by atoms with van der Waals surface area (Å²) in [5.74, 6) is 0.803. The third-order valence-electron chi connectivity index (χ3n) is 4.74. The van der Waals surface area contributed by atoms with Gasteiger partial charge in [0.15, 0.2) is 0 Å². The minimum Gasteiger partial charge on any atom is -0.352 e. The summed E-state index contributed by atoms with van der Waals surface area (Å²) in [6.07, 6.45) is 1.79. The summed E-state index contributed by atoms with van der Waals surface area (Å²) in [6.45, 7) is 13.0. The van der Waals surface area contributed by atoms with Crippen LogP contribution in [0.3, 0.4) is 0 Å². The molecule has 2 N–H and O–H groups in total. The van der Waals surface area contributed by atoms with Gasteiger partial charge in [-0.15, -0.1) is 24.8 Å². The maximum Gasteiger partial charge on any atom is 0.221 e. The van der Waals surface area contributed by atoms with E-state index in [4.69, 9.17) is 0 Å². The molecule has 0 aliphatic carbocycles. The summed E-state index contributed by atoms with van der Waals surface area (Å²) < 4.78 is 0. The van der Waals surface area contributed by atoms with Gasteiger partial charge >= 0.3 is 0 Å². The second-order valence-corrected chi connectivity index (χ2v) is 6.17. The van der Waals surface area contributed by atoms with Crippen molar-refractivity contribution in [1.82, 2.24) is 20.4 Å². The maximum atomic E-state index is 12.0. The summed E-state index contributed by atoms with van der Waals surface area (Å²) in [7, 11) is 0. The van der Waals surface area contributed by atoms with Gasteiger partial charge in [-0.3, -0.25) is 4.79 Å². The SMILES string of the molecule is CCN1CCN(CCC(=O)NC2CNCCC2C)CC1.Cl.Cl. The van der Waals surface area contributed by atoms with Gasteiger partial charge in [-0.25, -0.2) is 0 Å². The van der Waals surface area contributed by atoms with Crippen LogP contribution in [0.25, 0.3) is 0 Å². The number of rotatable bonds is 5. The van der Waals surface area contributed by atoms with E-state index < -0.39 is 0 Å². The van der Waals surface area contributed by atoms with E-state index in [0.29, 0.717) is 18.4 Å². The van der Waals surface area contributed by atoms with Gasteiger partial charge in [0.25, 0.3) is 0 Å². The molecule has 0 aromatic carbocycles. The fraction of sp³-hybridized carbons (Fsp3) is 0.933. The first kappa shape index (κ1) is 21.9. The first-order chi connectivity index (χ1) is 9.69. The average molecular weight is 355 g/mol. The van der Waals surface area contributed by atoms with Crippen LogP contribution in [0.4, 0.5) is 0 Å². The molecule has 7 heteroatoms. The Hall–Kier alpha value is -0.0700. The Bertz CT molecular complexity index is 312. The van der Waals surface area contributed by atoms with Gasteiger partial charge in [-0.05, 0) is 25.4 Å². The fourth-order valence-electron chi connectivity index (χ4n) is 3.05. The molecule has 2 fully saturated rings. The van der Waals surface area contributed by atoms with Crippen LogP contribution in [-0.4, -0.2) is 74.1 Å². The van der Waals surface area contributed by atoms with Gasteiger partial charge < -0.3 is 20.4 Å². The number of piperazine rings is 1. The highest BCUT2D eigenvalue weighted by Crippen LogP contribution is 2.11. The standard InChI is InChI=1S/C15H30N4O.2ClH/c1-3-18-8-10-19(11-9-18)7-5-15(20)17-14-12-16-6-4-13(14)2;;/h13-14,16H,3-12H2,1-2H3,(H,17,20);2*1H. The van der Waals surface area contributed by atoms with E-state index in [0.717, 1.165) is 58.8 Å². The third-order valence-corrected chi connectivity index (χ3v) is 4.74. The maximum absolute atomic E-state index is 12.0. The third kappa shape index (κ3) is 7.01. The Morgan fingerprint density at radius 2 is 1.82 bits per heavy atom. The molecule has 5 nitrogen and oxygen atoms in total. The summed E-state index contributed by atoms with van der Waals surface area (Å²) in [5, 5.41) is 6.55. The molecule has 0 bridgehead atoms. The summed E-state index contributed by atoms with van der Waals surface area (Å²) in [5.41, 5.74) is 0. The van der Waals surface area contributed by atoms with E-state index in [1.807, 2.05) is 0 Å². The molecule has 0 saturated carbocycles. The summed E-state index contributed by atoms with van der Waals surface area (Å²) >= 11 is 0. The quantitative estimate of drug-likeness (QED) is 0.772. The molecule has 132 valence electrons. The zero-order valence-electron chi connectivity index (χ0n) is 13.8. The van der Waals surface area contributed by atoms with Crippen molar-refractivity contribution in [2.24, 2.45) is 5.92 Å². The van der Waals surface area contributed by atoms with E-state index >= 15 is 0 Å². The molecular weight excluding hydrogens is 323 g/mol. The van der Waals surface area contributed by atoms with Crippen molar-refractivity contribution < 1.29 is 4.79 Å². The number of nitrogens with zero attached hydrogens (tertiary/aromatic N) is 2. The number of nitrogens with one attached hydrogen (secondary N) is 2. The van der Waals surface area contributed by atoms with E-state index in [-0.39, 0.29) is 30.7 Å². The second-order valence-electron chi connectivity index (χ2n) is 6.17. The molecule has 0 radical (unpaired) electrons. The molecule has 0 aromatic heterocycles. The number of carbonyl (C=O) groups is 1. The van der Waals surface area contributed by atoms with E-state index in [1.165, 1.54) is 0 Å². The average Bonchev–Trinajstić information content (AvgIpc) is 2.48. The van der Waals surface area contributed by atoms with Crippen molar-refractivity contribution in [3.8, 4) is 0 Å². The second kappa shape index (κ2) is 11.5. The lowest BCUT2D eigenvalue weighted by molar-refractivity contribution is -0.122. The molecule has 2 heterocycles. The molecular formula is C15H32Cl2N4O. The van der Waals surface area contributed by atoms with Crippen molar-refractivity contribution in [1.29, 1.82) is 0 Å². The predicted molar refractivity (Wildman–Crippen MR) is 96.2 cm³/mol. The molecule has 2 rings (SSSR count). The smallest absolute Gasteiger partial charge is 0.221 e. The summed E-state index contributed by atoms with van der Waals surface area (Å²) in [4.78, 5) is 16.9. The van der Waals surface area contributed by atoms with E-state index in [9.17, 15) is 4.79 Å². The van der Waals surface area contributed by atoms with Crippen LogP contribution in [0.1, 0.15) is 26.7 Å². The lowest BCUT2D eigenvalue weighted by atomic mass is 9.95. The number of hydrogen-bond donors (Lipinski definition) is 2. The Balaban J connectivity index is 0.00000220. The predicted octanol–water partition coefficient (Wildman–Crippen LogP) is 0.972. The highest BCUT2D eigenvalue weighted by Gasteiger charge is 2.23. The molecule has 0 aromatic rings. The lowest BCUT2D eigenvalue weighted by Crippen LogP contribution is -2.51. The number of halogens is 2. The zero-order chi connectivity index (χ0) is 14.4. The molecule has 0 spiro atoms. The van der Waals surface area contributed by atoms with E-state index in [2.05, 4.69) is 34.3 Å². The van der Waals surface area contributed by atoms with Gasteiger partial charge in [0.1, 0.15) is 0 Å². The van der Waals surface area contributed by atoms with Crippen molar-refractivity contribution >= 4 is 30.7 Å². The molecule has 22 heavy (non-hydrogen) atoms. The van der Waals surface area contributed by atoms with Gasteiger partial charge in [-0.1, -0.05) is 13.8 Å². The first-order valence-corrected chi connectivity index (χ1v) is 8.14. The van der Waals surface area contributed by atoms with E-state index in [1.54, 1.807) is 0 Å². The Labute approximate surface area is 147 Å². The number of hydrogen-bond acceptors (Lipinski definition) is 4. The van der Waals surface area contributed by atoms with Crippen LogP contribution < -0.4 is 10.6 Å². The highest BCUT2D eigenvalue weighted by atomic mass is 35.5. The first-order valence-electron chi connectivity index (χ1n) is 8.14. The van der Waals surface area contributed by atoms with Crippen LogP contribution in [0.5, 0.6) is 0 Å². The van der Waals surface area contributed by atoms with Crippen molar-refractivity contribution in [2.45, 2.75) is 32.7 Å². The Kier molecular flexibility index (Phi) is 11.4. The Morgan fingerprint density at radius 1 is 1.18 bits per heavy atom. The largest absolute Gasteiger partial charge is 0.352 e. The minimum absolute atomic E-state index is 0. The number of likely N-dealkylation sites (N-methyl/N-ethyl adjacent to an activating group) is 1. The summed E-state index contributed by atoms with van der Waals surface area (Å²) in [6, 6.07) is 0.313. The normalized spacial score (nSPS) is 26.6. The van der Waals surface area contributed by atoms with Gasteiger partial charge in [0.05, 0.1) is 0 Å². The van der Waals surface area contributed by atoms with Crippen LogP contribution in [0.2, 0.25) is 0 Å². The van der Waals surface area contributed by atoms with Gasteiger partial charge in [0.2, 0.25) is 5.91 Å². The number of carbonyl (C=O) groups excluding carboxylic acids is 1. The van der Waals surface area contributed by atoms with Crippen molar-refractivity contribution in [3.63, 3.8) is 0 Å². The topological polar surface area (TPSA) is 47.6 Å². The molecule has 2 aliphatic rings. The fourth-order valence-corrected chi connectivity index (χ4v) is 3.05. The van der Waals surface area contributed by atoms with Crippen molar-refractivity contribution in [2.75, 3.05) is 52.4 Å². The molecule has 2 atom stereocenters. The Morgan fingerprint density at radius 3 is 2.41 bits per heavy atom. The molecule has 1 amide bonds. The molecule has 2 saturated heterocycles. The highest BCUT2D eigenvalue weighted by molar-refractivity contribution is 5.85. The monoisotopic (exact) mass is 354 g/mol. The van der Waals surface area contributed by atoms with Crippen LogP contribution in [-0.2, 0) is 4.79 Å². The lowest BCUT2D eigenvalue weighted by Gasteiger charge is -2.34. The number of amides is 1. The van der Waals surface area contributed by atoms with Gasteiger partial charge in [-0.2, -0.15) is 0 Å². The van der Waals surface area contributed by atoms with Crippen LogP contribution >= 0.6 is 24.8 Å².